The Morgan fingerprint density at radius 2 is 1.81 bits per heavy atom. The molecule has 0 saturated carbocycles. The molecule has 1 saturated heterocycles. The maximum absolute atomic E-state index is 13.1. The first-order valence-corrected chi connectivity index (χ1v) is 8.91. The molecule has 1 unspecified atom stereocenters. The average Bonchev–Trinajstić information content (AvgIpc) is 3.01. The largest absolute Gasteiger partial charge is 0.368 e. The average molecular weight is 358 g/mol. The molecule has 3 heterocycles. The van der Waals surface area contributed by atoms with Gasteiger partial charge in [0.15, 0.2) is 0 Å². The van der Waals surface area contributed by atoms with E-state index in [1.807, 2.05) is 23.4 Å². The van der Waals surface area contributed by atoms with E-state index in [1.54, 1.807) is 12.1 Å². The monoisotopic (exact) mass is 358 g/mol. The number of hydrogen-bond donors (Lipinski definition) is 0. The van der Waals surface area contributed by atoms with Crippen LogP contribution in [0.1, 0.15) is 11.6 Å². The van der Waals surface area contributed by atoms with Gasteiger partial charge in [-0.1, -0.05) is 0 Å². The highest BCUT2D eigenvalue weighted by molar-refractivity contribution is 5.82. The van der Waals surface area contributed by atoms with E-state index >= 15 is 0 Å². The van der Waals surface area contributed by atoms with Crippen molar-refractivity contribution in [2.24, 2.45) is 0 Å². The van der Waals surface area contributed by atoms with E-state index in [0.717, 1.165) is 30.4 Å². The SMILES string of the molecule is Cc1nnc2n1CC(C(=O)N1CCN(c3ccc(F)cc3)CC1)N(C)C2. The van der Waals surface area contributed by atoms with Crippen molar-refractivity contribution >= 4 is 11.6 Å². The van der Waals surface area contributed by atoms with Gasteiger partial charge in [-0.3, -0.25) is 9.69 Å². The summed E-state index contributed by atoms with van der Waals surface area (Å²) in [7, 11) is 1.96. The van der Waals surface area contributed by atoms with Crippen LogP contribution in [0, 0.1) is 12.7 Å². The molecule has 1 atom stereocenters. The Morgan fingerprint density at radius 3 is 2.50 bits per heavy atom. The van der Waals surface area contributed by atoms with Gasteiger partial charge in [-0.25, -0.2) is 4.39 Å². The molecule has 138 valence electrons. The fourth-order valence-corrected chi connectivity index (χ4v) is 3.74. The number of carbonyl (C=O) groups is 1. The second-order valence-electron chi connectivity index (χ2n) is 6.99. The molecule has 1 fully saturated rings. The molecule has 26 heavy (non-hydrogen) atoms. The first kappa shape index (κ1) is 17.0. The van der Waals surface area contributed by atoms with E-state index in [0.29, 0.717) is 26.2 Å². The molecule has 1 amide bonds. The molecule has 2 aliphatic heterocycles. The van der Waals surface area contributed by atoms with Crippen molar-refractivity contribution in [2.45, 2.75) is 26.1 Å². The predicted octanol–water partition coefficient (Wildman–Crippen LogP) is 0.888. The second kappa shape index (κ2) is 6.68. The van der Waals surface area contributed by atoms with Crippen LogP contribution < -0.4 is 4.90 Å². The van der Waals surface area contributed by atoms with Gasteiger partial charge >= 0.3 is 0 Å². The van der Waals surface area contributed by atoms with Gasteiger partial charge in [0.1, 0.15) is 23.5 Å². The summed E-state index contributed by atoms with van der Waals surface area (Å²) < 4.78 is 15.1. The van der Waals surface area contributed by atoms with Crippen LogP contribution in [-0.2, 0) is 17.9 Å². The molecular formula is C18H23FN6O. The number of fused-ring (bicyclic) bond motifs is 1. The highest BCUT2D eigenvalue weighted by atomic mass is 19.1. The lowest BCUT2D eigenvalue weighted by molar-refractivity contribution is -0.138. The fourth-order valence-electron chi connectivity index (χ4n) is 3.74. The summed E-state index contributed by atoms with van der Waals surface area (Å²) in [5.74, 6) is 1.69. The predicted molar refractivity (Wildman–Crippen MR) is 95.2 cm³/mol. The van der Waals surface area contributed by atoms with Gasteiger partial charge in [-0.2, -0.15) is 0 Å². The Bertz CT molecular complexity index is 797. The minimum absolute atomic E-state index is 0.157. The van der Waals surface area contributed by atoms with E-state index < -0.39 is 0 Å². The van der Waals surface area contributed by atoms with Gasteiger partial charge in [0.05, 0.1) is 13.1 Å². The van der Waals surface area contributed by atoms with E-state index in [9.17, 15) is 9.18 Å². The van der Waals surface area contributed by atoms with Gasteiger partial charge in [-0.15, -0.1) is 10.2 Å². The number of benzene rings is 1. The zero-order chi connectivity index (χ0) is 18.3. The number of aromatic nitrogens is 3. The van der Waals surface area contributed by atoms with Crippen LogP contribution in [0.3, 0.4) is 0 Å². The molecule has 4 rings (SSSR count). The smallest absolute Gasteiger partial charge is 0.241 e. The number of piperazine rings is 1. The highest BCUT2D eigenvalue weighted by Gasteiger charge is 2.34. The standard InChI is InChI=1S/C18H23FN6O/c1-13-20-21-17-12-22(2)16(11-25(13)17)18(26)24-9-7-23(8-10-24)15-5-3-14(19)4-6-15/h3-6,16H,7-12H2,1-2H3. The topological polar surface area (TPSA) is 57.5 Å². The Morgan fingerprint density at radius 1 is 1.12 bits per heavy atom. The van der Waals surface area contributed by atoms with Crippen LogP contribution in [0.5, 0.6) is 0 Å². The fraction of sp³-hybridized carbons (Fsp3) is 0.500. The highest BCUT2D eigenvalue weighted by Crippen LogP contribution is 2.20. The summed E-state index contributed by atoms with van der Waals surface area (Å²) in [5.41, 5.74) is 0.998. The zero-order valence-corrected chi connectivity index (χ0v) is 15.1. The van der Waals surface area contributed by atoms with Crippen LogP contribution in [0.2, 0.25) is 0 Å². The summed E-state index contributed by atoms with van der Waals surface area (Å²) in [6, 6.07) is 6.34. The molecule has 1 aromatic heterocycles. The van der Waals surface area contributed by atoms with Crippen LogP contribution in [0.15, 0.2) is 24.3 Å². The van der Waals surface area contributed by atoms with Gasteiger partial charge in [0, 0.05) is 31.9 Å². The maximum Gasteiger partial charge on any atom is 0.241 e. The third-order valence-corrected chi connectivity index (χ3v) is 5.36. The number of anilines is 1. The van der Waals surface area contributed by atoms with Crippen molar-refractivity contribution < 1.29 is 9.18 Å². The summed E-state index contributed by atoms with van der Waals surface area (Å²) in [6.45, 7) is 6.01. The molecule has 0 aliphatic carbocycles. The molecular weight excluding hydrogens is 335 g/mol. The van der Waals surface area contributed by atoms with Gasteiger partial charge in [-0.05, 0) is 38.2 Å². The normalized spacial score (nSPS) is 21.0. The van der Waals surface area contributed by atoms with Crippen molar-refractivity contribution in [1.29, 1.82) is 0 Å². The lowest BCUT2D eigenvalue weighted by Gasteiger charge is -2.40. The first-order chi connectivity index (χ1) is 12.5. The first-order valence-electron chi connectivity index (χ1n) is 8.91. The van der Waals surface area contributed by atoms with E-state index in [4.69, 9.17) is 0 Å². The number of halogens is 1. The molecule has 0 N–H and O–H groups in total. The summed E-state index contributed by atoms with van der Waals surface area (Å²) in [5, 5.41) is 8.29. The van der Waals surface area contributed by atoms with Crippen molar-refractivity contribution in [3.8, 4) is 0 Å². The van der Waals surface area contributed by atoms with Crippen molar-refractivity contribution in [1.82, 2.24) is 24.6 Å². The van der Waals surface area contributed by atoms with E-state index in [-0.39, 0.29) is 17.8 Å². The minimum atomic E-state index is -0.230. The molecule has 2 aliphatic rings. The number of likely N-dealkylation sites (N-methyl/N-ethyl adjacent to an activating group) is 1. The lowest BCUT2D eigenvalue weighted by atomic mass is 10.1. The summed E-state index contributed by atoms with van der Waals surface area (Å²) in [6.07, 6.45) is 0. The molecule has 2 aromatic rings. The van der Waals surface area contributed by atoms with Crippen molar-refractivity contribution in [3.05, 3.63) is 41.7 Å². The Kier molecular flexibility index (Phi) is 4.36. The number of amides is 1. The number of carbonyl (C=O) groups excluding carboxylic acids is 1. The van der Waals surface area contributed by atoms with Gasteiger partial charge in [0.25, 0.3) is 0 Å². The molecule has 7 nitrogen and oxygen atoms in total. The zero-order valence-electron chi connectivity index (χ0n) is 15.1. The summed E-state index contributed by atoms with van der Waals surface area (Å²) >= 11 is 0. The van der Waals surface area contributed by atoms with Crippen LogP contribution in [-0.4, -0.2) is 69.7 Å². The number of hydrogen-bond acceptors (Lipinski definition) is 5. The molecule has 0 radical (unpaired) electrons. The van der Waals surface area contributed by atoms with Crippen LogP contribution >= 0.6 is 0 Å². The summed E-state index contributed by atoms with van der Waals surface area (Å²) in [4.78, 5) is 19.2. The van der Waals surface area contributed by atoms with Gasteiger partial charge < -0.3 is 14.4 Å². The molecule has 1 aromatic carbocycles. The van der Waals surface area contributed by atoms with Crippen molar-refractivity contribution in [3.63, 3.8) is 0 Å². The number of nitrogens with zero attached hydrogens (tertiary/aromatic N) is 6. The van der Waals surface area contributed by atoms with Gasteiger partial charge in [0.2, 0.25) is 5.91 Å². The Balaban J connectivity index is 1.40. The van der Waals surface area contributed by atoms with Crippen molar-refractivity contribution in [2.75, 3.05) is 38.1 Å². The Hall–Kier alpha value is -2.48. The quantitative estimate of drug-likeness (QED) is 0.798. The second-order valence-corrected chi connectivity index (χ2v) is 6.99. The van der Waals surface area contributed by atoms with Crippen LogP contribution in [0.25, 0.3) is 0 Å². The van der Waals surface area contributed by atoms with E-state index in [2.05, 4.69) is 20.0 Å². The molecule has 8 heteroatoms. The Labute approximate surface area is 152 Å². The maximum atomic E-state index is 13.1. The third-order valence-electron chi connectivity index (χ3n) is 5.36. The third kappa shape index (κ3) is 3.05. The molecule has 0 bridgehead atoms. The van der Waals surface area contributed by atoms with E-state index in [1.165, 1.54) is 12.1 Å². The number of rotatable bonds is 2. The lowest BCUT2D eigenvalue weighted by Crippen LogP contribution is -2.56. The molecule has 0 spiro atoms. The number of aryl methyl sites for hydroxylation is 1. The van der Waals surface area contributed by atoms with Crippen LogP contribution in [0.4, 0.5) is 10.1 Å². The minimum Gasteiger partial charge on any atom is -0.368 e.